The van der Waals surface area contributed by atoms with Gasteiger partial charge in [-0.25, -0.2) is 8.42 Å². The second-order valence-electron chi connectivity index (χ2n) is 5.91. The number of guanidine groups is 1. The third kappa shape index (κ3) is 8.87. The molecule has 27 heavy (non-hydrogen) atoms. The zero-order chi connectivity index (χ0) is 19.7. The number of rotatable bonds is 9. The molecule has 1 aromatic rings. The quantitative estimate of drug-likeness (QED) is 0.294. The van der Waals surface area contributed by atoms with Crippen molar-refractivity contribution in [1.29, 1.82) is 0 Å². The van der Waals surface area contributed by atoms with E-state index in [1.165, 1.54) is 6.26 Å². The summed E-state index contributed by atoms with van der Waals surface area (Å²) in [5.41, 5.74) is 0.872. The maximum Gasteiger partial charge on any atom is 0.191 e. The van der Waals surface area contributed by atoms with Gasteiger partial charge in [-0.15, -0.1) is 24.0 Å². The number of ether oxygens (including phenoxy) is 3. The largest absolute Gasteiger partial charge is 0.496 e. The minimum Gasteiger partial charge on any atom is -0.496 e. The molecule has 0 aliphatic carbocycles. The number of hydrogen-bond acceptors (Lipinski definition) is 6. The maximum absolute atomic E-state index is 11.3. The second kappa shape index (κ2) is 12.1. The Morgan fingerprint density at radius 2 is 1.67 bits per heavy atom. The molecule has 0 fully saturated rings. The smallest absolute Gasteiger partial charge is 0.191 e. The SMILES string of the molecule is CN=C(NCc1cc(OC)c(OC)cc1OC)NC(C)CCS(C)(=O)=O.I. The molecule has 0 spiro atoms. The van der Waals surface area contributed by atoms with Crippen LogP contribution >= 0.6 is 24.0 Å². The van der Waals surface area contributed by atoms with Gasteiger partial charge >= 0.3 is 0 Å². The van der Waals surface area contributed by atoms with E-state index in [1.807, 2.05) is 13.0 Å². The van der Waals surface area contributed by atoms with Crippen LogP contribution in [0.3, 0.4) is 0 Å². The van der Waals surface area contributed by atoms with E-state index in [2.05, 4.69) is 15.6 Å². The zero-order valence-corrected chi connectivity index (χ0v) is 19.8. The van der Waals surface area contributed by atoms with Crippen LogP contribution < -0.4 is 24.8 Å². The zero-order valence-electron chi connectivity index (χ0n) is 16.7. The standard InChI is InChI=1S/C17H29N3O5S.HI/c1-12(7-8-26(6,21)22)20-17(18-2)19-11-13-9-15(24-4)16(25-5)10-14(13)23-3;/h9-10,12H,7-8,11H2,1-6H3,(H2,18,19,20);1H. The van der Waals surface area contributed by atoms with Gasteiger partial charge in [0.05, 0.1) is 27.1 Å². The summed E-state index contributed by atoms with van der Waals surface area (Å²) >= 11 is 0. The molecule has 0 amide bonds. The van der Waals surface area contributed by atoms with Gasteiger partial charge in [-0.3, -0.25) is 4.99 Å². The highest BCUT2D eigenvalue weighted by molar-refractivity contribution is 14.0. The van der Waals surface area contributed by atoms with E-state index in [4.69, 9.17) is 14.2 Å². The number of hydrogen-bond donors (Lipinski definition) is 2. The van der Waals surface area contributed by atoms with Crippen LogP contribution in [0, 0.1) is 0 Å². The predicted octanol–water partition coefficient (Wildman–Crippen LogP) is 1.82. The van der Waals surface area contributed by atoms with Gasteiger partial charge in [-0.05, 0) is 19.4 Å². The minimum absolute atomic E-state index is 0. The molecule has 156 valence electrons. The normalized spacial score (nSPS) is 12.6. The molecular formula is C17H30IN3O5S. The molecule has 2 N–H and O–H groups in total. The average molecular weight is 515 g/mol. The number of halogens is 1. The number of aliphatic imine (C=N–C) groups is 1. The van der Waals surface area contributed by atoms with Crippen molar-refractivity contribution in [3.63, 3.8) is 0 Å². The van der Waals surface area contributed by atoms with Crippen molar-refractivity contribution in [3.05, 3.63) is 17.7 Å². The number of methoxy groups -OCH3 is 3. The summed E-state index contributed by atoms with van der Waals surface area (Å²) in [5.74, 6) is 2.56. The fraction of sp³-hybridized carbons (Fsp3) is 0.588. The van der Waals surface area contributed by atoms with Crippen molar-refractivity contribution in [3.8, 4) is 17.2 Å². The van der Waals surface area contributed by atoms with Gasteiger partial charge in [0.1, 0.15) is 15.6 Å². The highest BCUT2D eigenvalue weighted by Crippen LogP contribution is 2.34. The lowest BCUT2D eigenvalue weighted by atomic mass is 10.1. The van der Waals surface area contributed by atoms with Crippen molar-refractivity contribution < 1.29 is 22.6 Å². The Kier molecular flexibility index (Phi) is 11.5. The average Bonchev–Trinajstić information content (AvgIpc) is 2.61. The lowest BCUT2D eigenvalue weighted by Gasteiger charge is -2.19. The predicted molar refractivity (Wildman–Crippen MR) is 119 cm³/mol. The summed E-state index contributed by atoms with van der Waals surface area (Å²) in [4.78, 5) is 4.17. The summed E-state index contributed by atoms with van der Waals surface area (Å²) in [6.45, 7) is 2.36. The monoisotopic (exact) mass is 515 g/mol. The molecule has 0 saturated carbocycles. The molecular weight excluding hydrogens is 485 g/mol. The van der Waals surface area contributed by atoms with Gasteiger partial charge in [-0.1, -0.05) is 0 Å². The minimum atomic E-state index is -2.98. The molecule has 8 nitrogen and oxygen atoms in total. The number of sulfone groups is 1. The fourth-order valence-electron chi connectivity index (χ4n) is 2.30. The summed E-state index contributed by atoms with van der Waals surface area (Å²) in [5, 5.41) is 6.37. The van der Waals surface area contributed by atoms with E-state index >= 15 is 0 Å². The summed E-state index contributed by atoms with van der Waals surface area (Å²) in [7, 11) is 3.41. The van der Waals surface area contributed by atoms with Crippen LogP contribution in [0.5, 0.6) is 17.2 Å². The first kappa shape index (κ1) is 25.6. The lowest BCUT2D eigenvalue weighted by Crippen LogP contribution is -2.42. The molecule has 1 rings (SSSR count). The number of benzene rings is 1. The molecule has 0 aliphatic rings. The maximum atomic E-state index is 11.3. The lowest BCUT2D eigenvalue weighted by molar-refractivity contribution is 0.347. The van der Waals surface area contributed by atoms with Crippen LogP contribution in [0.4, 0.5) is 0 Å². The summed E-state index contributed by atoms with van der Waals surface area (Å²) < 4.78 is 38.6. The topological polar surface area (TPSA) is 98.2 Å². The first-order valence-electron chi connectivity index (χ1n) is 8.17. The number of nitrogens with one attached hydrogen (secondary N) is 2. The van der Waals surface area contributed by atoms with Gasteiger partial charge in [0.15, 0.2) is 17.5 Å². The van der Waals surface area contributed by atoms with Crippen LogP contribution in [0.2, 0.25) is 0 Å². The molecule has 0 heterocycles. The molecule has 0 bridgehead atoms. The Hall–Kier alpha value is -1.43. The van der Waals surface area contributed by atoms with Gasteiger partial charge in [0, 0.05) is 37.5 Å². The van der Waals surface area contributed by atoms with Gasteiger partial charge in [0.25, 0.3) is 0 Å². The van der Waals surface area contributed by atoms with Crippen LogP contribution in [-0.2, 0) is 16.4 Å². The molecule has 1 atom stereocenters. The third-order valence-electron chi connectivity index (χ3n) is 3.76. The van der Waals surface area contributed by atoms with Crippen LogP contribution in [0.25, 0.3) is 0 Å². The second-order valence-corrected chi connectivity index (χ2v) is 8.17. The Morgan fingerprint density at radius 3 is 2.15 bits per heavy atom. The van der Waals surface area contributed by atoms with Crippen molar-refractivity contribution in [2.45, 2.75) is 25.9 Å². The van der Waals surface area contributed by atoms with Crippen molar-refractivity contribution in [2.24, 2.45) is 4.99 Å². The molecule has 10 heteroatoms. The summed E-state index contributed by atoms with van der Waals surface area (Å²) in [6, 6.07) is 3.56. The highest BCUT2D eigenvalue weighted by Gasteiger charge is 2.13. The van der Waals surface area contributed by atoms with E-state index in [9.17, 15) is 8.42 Å². The van der Waals surface area contributed by atoms with Crippen molar-refractivity contribution in [2.75, 3.05) is 40.4 Å². The van der Waals surface area contributed by atoms with E-state index in [0.29, 0.717) is 36.2 Å². The molecule has 0 aliphatic heterocycles. The molecule has 0 radical (unpaired) electrons. The van der Waals surface area contributed by atoms with Gasteiger partial charge in [0.2, 0.25) is 0 Å². The van der Waals surface area contributed by atoms with E-state index in [1.54, 1.807) is 34.4 Å². The van der Waals surface area contributed by atoms with Gasteiger partial charge in [-0.2, -0.15) is 0 Å². The van der Waals surface area contributed by atoms with Crippen molar-refractivity contribution in [1.82, 2.24) is 10.6 Å². The van der Waals surface area contributed by atoms with Crippen molar-refractivity contribution >= 4 is 39.8 Å². The van der Waals surface area contributed by atoms with E-state index in [0.717, 1.165) is 5.56 Å². The highest BCUT2D eigenvalue weighted by atomic mass is 127. The Morgan fingerprint density at radius 1 is 1.11 bits per heavy atom. The molecule has 1 aromatic carbocycles. The van der Waals surface area contributed by atoms with E-state index in [-0.39, 0.29) is 35.8 Å². The van der Waals surface area contributed by atoms with Gasteiger partial charge < -0.3 is 24.8 Å². The Labute approximate surface area is 179 Å². The summed E-state index contributed by atoms with van der Waals surface area (Å²) in [6.07, 6.45) is 1.73. The number of nitrogens with zero attached hydrogens (tertiary/aromatic N) is 1. The first-order valence-corrected chi connectivity index (χ1v) is 10.2. The van der Waals surface area contributed by atoms with Crippen LogP contribution in [0.1, 0.15) is 18.9 Å². The van der Waals surface area contributed by atoms with Crippen LogP contribution in [-0.4, -0.2) is 60.8 Å². The molecule has 0 saturated heterocycles. The fourth-order valence-corrected chi connectivity index (χ4v) is 3.08. The Bertz CT molecular complexity index is 726. The molecule has 0 aromatic heterocycles. The van der Waals surface area contributed by atoms with Crippen LogP contribution in [0.15, 0.2) is 17.1 Å². The molecule has 1 unspecified atom stereocenters. The Balaban J connectivity index is 0.00000676. The first-order chi connectivity index (χ1) is 12.2. The van der Waals surface area contributed by atoms with E-state index < -0.39 is 9.84 Å². The third-order valence-corrected chi connectivity index (χ3v) is 4.74.